The zero-order chi connectivity index (χ0) is 19.5. The van der Waals surface area contributed by atoms with E-state index in [1.54, 1.807) is 0 Å². The average Bonchev–Trinajstić information content (AvgIpc) is 3.33. The van der Waals surface area contributed by atoms with Crippen molar-refractivity contribution in [2.75, 3.05) is 18.9 Å². The highest BCUT2D eigenvalue weighted by atomic mass is 32.2. The molecule has 1 aliphatic heterocycles. The van der Waals surface area contributed by atoms with Gasteiger partial charge in [0.05, 0.1) is 28.8 Å². The predicted octanol–water partition coefficient (Wildman–Crippen LogP) is 3.40. The summed E-state index contributed by atoms with van der Waals surface area (Å²) in [5.41, 5.74) is 4.97. The highest BCUT2D eigenvalue weighted by Crippen LogP contribution is 2.30. The van der Waals surface area contributed by atoms with Gasteiger partial charge in [-0.3, -0.25) is 4.79 Å². The summed E-state index contributed by atoms with van der Waals surface area (Å²) < 4.78 is 7.42. The first-order valence-electron chi connectivity index (χ1n) is 9.55. The fourth-order valence-electron chi connectivity index (χ4n) is 3.51. The lowest BCUT2D eigenvalue weighted by Gasteiger charge is -2.10. The SMILES string of the molecule is Cc1cc(C)c2c(-c3ccccc3)nc(SCC(=O)NC[C@H]3CCCO3)n2n1. The fourth-order valence-corrected chi connectivity index (χ4v) is 4.28. The van der Waals surface area contributed by atoms with Gasteiger partial charge in [-0.15, -0.1) is 0 Å². The van der Waals surface area contributed by atoms with Crippen LogP contribution >= 0.6 is 11.8 Å². The van der Waals surface area contributed by atoms with Gasteiger partial charge in [-0.1, -0.05) is 42.1 Å². The maximum absolute atomic E-state index is 12.3. The van der Waals surface area contributed by atoms with E-state index >= 15 is 0 Å². The van der Waals surface area contributed by atoms with Gasteiger partial charge in [0, 0.05) is 18.7 Å². The molecule has 0 radical (unpaired) electrons. The van der Waals surface area contributed by atoms with Gasteiger partial charge >= 0.3 is 0 Å². The van der Waals surface area contributed by atoms with E-state index in [2.05, 4.69) is 23.4 Å². The summed E-state index contributed by atoms with van der Waals surface area (Å²) in [6.07, 6.45) is 2.24. The highest BCUT2D eigenvalue weighted by molar-refractivity contribution is 7.99. The second kappa shape index (κ2) is 8.32. The number of hydrogen-bond acceptors (Lipinski definition) is 5. The van der Waals surface area contributed by atoms with Gasteiger partial charge in [-0.2, -0.15) is 5.10 Å². The smallest absolute Gasteiger partial charge is 0.230 e. The summed E-state index contributed by atoms with van der Waals surface area (Å²) in [6.45, 7) is 5.41. The standard InChI is InChI=1S/C21H24N4O2S/c1-14-11-15(2)24-25-20(14)19(16-7-4-3-5-8-16)23-21(25)28-13-18(26)22-12-17-9-6-10-27-17/h3-5,7-8,11,17H,6,9-10,12-13H2,1-2H3,(H,22,26)/t17-/m1/s1. The molecule has 1 saturated heterocycles. The van der Waals surface area contributed by atoms with E-state index in [4.69, 9.17) is 9.72 Å². The average molecular weight is 397 g/mol. The van der Waals surface area contributed by atoms with Crippen molar-refractivity contribution in [3.63, 3.8) is 0 Å². The third kappa shape index (κ3) is 4.05. The number of carbonyl (C=O) groups excluding carboxylic acids is 1. The van der Waals surface area contributed by atoms with E-state index in [0.717, 1.165) is 52.6 Å². The Hall–Kier alpha value is -2.38. The monoisotopic (exact) mass is 396 g/mol. The minimum absolute atomic E-state index is 0.0112. The number of benzene rings is 1. The van der Waals surface area contributed by atoms with Crippen LogP contribution in [0.4, 0.5) is 0 Å². The first-order chi connectivity index (χ1) is 13.6. The molecule has 2 aromatic heterocycles. The van der Waals surface area contributed by atoms with Crippen molar-refractivity contribution in [1.29, 1.82) is 0 Å². The molecule has 0 unspecified atom stereocenters. The number of ether oxygens (including phenoxy) is 1. The Kier molecular flexibility index (Phi) is 5.64. The Balaban J connectivity index is 1.55. The van der Waals surface area contributed by atoms with Crippen LogP contribution in [0.5, 0.6) is 0 Å². The van der Waals surface area contributed by atoms with E-state index in [1.165, 1.54) is 11.8 Å². The second-order valence-electron chi connectivity index (χ2n) is 7.07. The first-order valence-corrected chi connectivity index (χ1v) is 10.5. The lowest BCUT2D eigenvalue weighted by molar-refractivity contribution is -0.119. The molecule has 146 valence electrons. The van der Waals surface area contributed by atoms with E-state index < -0.39 is 0 Å². The molecule has 0 spiro atoms. The molecule has 1 amide bonds. The molecule has 3 aromatic rings. The van der Waals surface area contributed by atoms with Crippen molar-refractivity contribution >= 4 is 23.2 Å². The van der Waals surface area contributed by atoms with Crippen LogP contribution in [-0.2, 0) is 9.53 Å². The lowest BCUT2D eigenvalue weighted by Crippen LogP contribution is -2.32. The normalized spacial score (nSPS) is 16.6. The van der Waals surface area contributed by atoms with Crippen LogP contribution < -0.4 is 5.32 Å². The van der Waals surface area contributed by atoms with E-state index in [1.807, 2.05) is 41.8 Å². The topological polar surface area (TPSA) is 68.5 Å². The number of nitrogens with one attached hydrogen (secondary N) is 1. The van der Waals surface area contributed by atoms with Crippen molar-refractivity contribution in [3.05, 3.63) is 47.7 Å². The second-order valence-corrected chi connectivity index (χ2v) is 8.01. The van der Waals surface area contributed by atoms with Crippen LogP contribution in [0, 0.1) is 13.8 Å². The summed E-state index contributed by atoms with van der Waals surface area (Å²) in [5, 5.41) is 8.34. The quantitative estimate of drug-likeness (QED) is 0.647. The highest BCUT2D eigenvalue weighted by Gasteiger charge is 2.19. The number of thioether (sulfide) groups is 1. The van der Waals surface area contributed by atoms with Gasteiger partial charge in [0.1, 0.15) is 0 Å². The number of amides is 1. The number of nitrogens with zero attached hydrogens (tertiary/aromatic N) is 3. The zero-order valence-electron chi connectivity index (χ0n) is 16.1. The van der Waals surface area contributed by atoms with Crippen LogP contribution in [-0.4, -0.2) is 45.5 Å². The van der Waals surface area contributed by atoms with Gasteiger partial charge in [-0.05, 0) is 38.3 Å². The largest absolute Gasteiger partial charge is 0.376 e. The van der Waals surface area contributed by atoms with Crippen LogP contribution in [0.25, 0.3) is 16.8 Å². The summed E-state index contributed by atoms with van der Waals surface area (Å²) in [5.74, 6) is 0.289. The molecule has 0 saturated carbocycles. The van der Waals surface area contributed by atoms with Crippen LogP contribution in [0.1, 0.15) is 24.1 Å². The Bertz CT molecular complexity index is 981. The number of rotatable bonds is 6. The van der Waals surface area contributed by atoms with Crippen LogP contribution in [0.2, 0.25) is 0 Å². The third-order valence-electron chi connectivity index (χ3n) is 4.81. The molecule has 3 heterocycles. The molecule has 0 aliphatic carbocycles. The molecule has 1 N–H and O–H groups in total. The first kappa shape index (κ1) is 19.0. The van der Waals surface area contributed by atoms with Crippen molar-refractivity contribution in [1.82, 2.24) is 19.9 Å². The minimum Gasteiger partial charge on any atom is -0.376 e. The van der Waals surface area contributed by atoms with Gasteiger partial charge in [0.25, 0.3) is 0 Å². The molecule has 1 aromatic carbocycles. The van der Waals surface area contributed by atoms with Crippen molar-refractivity contribution in [3.8, 4) is 11.3 Å². The number of aryl methyl sites for hydroxylation is 2. The van der Waals surface area contributed by atoms with Crippen molar-refractivity contribution in [2.45, 2.75) is 37.9 Å². The van der Waals surface area contributed by atoms with Crippen LogP contribution in [0.3, 0.4) is 0 Å². The molecule has 7 heteroatoms. The number of aromatic nitrogens is 3. The summed E-state index contributed by atoms with van der Waals surface area (Å²) in [6, 6.07) is 12.2. The van der Waals surface area contributed by atoms with E-state index in [9.17, 15) is 4.79 Å². The van der Waals surface area contributed by atoms with E-state index in [-0.39, 0.29) is 12.0 Å². The molecule has 0 bridgehead atoms. The molecular formula is C21H24N4O2S. The zero-order valence-corrected chi connectivity index (χ0v) is 17.0. The fraction of sp³-hybridized carbons (Fsp3) is 0.381. The number of hydrogen-bond donors (Lipinski definition) is 1. The molecule has 28 heavy (non-hydrogen) atoms. The van der Waals surface area contributed by atoms with Gasteiger partial charge in [0.2, 0.25) is 5.91 Å². The Labute approximate surface area is 168 Å². The van der Waals surface area contributed by atoms with Gasteiger partial charge < -0.3 is 10.1 Å². The molecule has 1 fully saturated rings. The minimum atomic E-state index is -0.0112. The maximum Gasteiger partial charge on any atom is 0.230 e. The Morgan fingerprint density at radius 3 is 2.89 bits per heavy atom. The molecule has 6 nitrogen and oxygen atoms in total. The molecule has 1 aliphatic rings. The van der Waals surface area contributed by atoms with Crippen molar-refractivity contribution < 1.29 is 9.53 Å². The van der Waals surface area contributed by atoms with E-state index in [0.29, 0.717) is 12.3 Å². The summed E-state index contributed by atoms with van der Waals surface area (Å²) >= 11 is 1.41. The molecule has 1 atom stereocenters. The lowest BCUT2D eigenvalue weighted by atomic mass is 10.1. The maximum atomic E-state index is 12.3. The summed E-state index contributed by atoms with van der Waals surface area (Å²) in [4.78, 5) is 17.1. The number of imidazole rings is 1. The number of fused-ring (bicyclic) bond motifs is 1. The molecule has 4 rings (SSSR count). The van der Waals surface area contributed by atoms with Crippen LogP contribution in [0.15, 0.2) is 41.6 Å². The summed E-state index contributed by atoms with van der Waals surface area (Å²) in [7, 11) is 0. The predicted molar refractivity (Wildman–Crippen MR) is 111 cm³/mol. The van der Waals surface area contributed by atoms with Gasteiger partial charge in [-0.25, -0.2) is 9.50 Å². The number of carbonyl (C=O) groups is 1. The third-order valence-corrected chi connectivity index (χ3v) is 5.74. The van der Waals surface area contributed by atoms with Crippen molar-refractivity contribution in [2.24, 2.45) is 0 Å². The van der Waals surface area contributed by atoms with Gasteiger partial charge in [0.15, 0.2) is 5.16 Å². The molecular weight excluding hydrogens is 372 g/mol. The Morgan fingerprint density at radius 1 is 1.32 bits per heavy atom. The Morgan fingerprint density at radius 2 is 2.14 bits per heavy atom.